The van der Waals surface area contributed by atoms with E-state index >= 15 is 0 Å². The van der Waals surface area contributed by atoms with Gasteiger partial charge in [-0.25, -0.2) is 9.78 Å². The first kappa shape index (κ1) is 15.9. The third-order valence-corrected chi connectivity index (χ3v) is 3.74. The van der Waals surface area contributed by atoms with Crippen LogP contribution in [-0.4, -0.2) is 31.4 Å². The van der Waals surface area contributed by atoms with Crippen LogP contribution in [0.4, 0.5) is 4.79 Å². The summed E-state index contributed by atoms with van der Waals surface area (Å²) in [5.41, 5.74) is 2.40. The Labute approximate surface area is 147 Å². The van der Waals surface area contributed by atoms with Crippen LogP contribution in [0.1, 0.15) is 20.8 Å². The van der Waals surface area contributed by atoms with Crippen molar-refractivity contribution < 1.29 is 9.53 Å². The number of carbonyl (C=O) groups excluding carboxylic acids is 1. The van der Waals surface area contributed by atoms with Gasteiger partial charge in [-0.15, -0.1) is 0 Å². The van der Waals surface area contributed by atoms with Gasteiger partial charge >= 0.3 is 6.09 Å². The maximum absolute atomic E-state index is 12.3. The van der Waals surface area contributed by atoms with E-state index in [9.17, 15) is 4.79 Å². The molecule has 0 fully saturated rings. The van der Waals surface area contributed by atoms with E-state index in [-0.39, 0.29) is 0 Å². The number of halogens is 1. The number of carbonyl (C=O) groups is 1. The van der Waals surface area contributed by atoms with E-state index in [1.807, 2.05) is 45.0 Å². The fourth-order valence-corrected chi connectivity index (χ4v) is 2.70. The van der Waals surface area contributed by atoms with Crippen LogP contribution >= 0.6 is 22.6 Å². The average molecular weight is 422 g/mol. The SMILES string of the molecule is CC(C)(C)OC(=O)n1nc(I)c2nc(-c3cccnc3)ccc21. The van der Waals surface area contributed by atoms with Crippen LogP contribution in [0.3, 0.4) is 0 Å². The van der Waals surface area contributed by atoms with Crippen LogP contribution in [0.5, 0.6) is 0 Å². The average Bonchev–Trinajstić information content (AvgIpc) is 2.83. The predicted octanol–water partition coefficient (Wildman–Crippen LogP) is 3.88. The normalized spacial score (nSPS) is 11.7. The Morgan fingerprint density at radius 2 is 2.04 bits per heavy atom. The number of pyridine rings is 2. The van der Waals surface area contributed by atoms with E-state index < -0.39 is 11.7 Å². The van der Waals surface area contributed by atoms with Gasteiger partial charge in [-0.2, -0.15) is 9.78 Å². The van der Waals surface area contributed by atoms with Crippen molar-refractivity contribution in [3.63, 3.8) is 0 Å². The molecule has 6 nitrogen and oxygen atoms in total. The van der Waals surface area contributed by atoms with E-state index in [0.717, 1.165) is 11.3 Å². The Bertz CT molecular complexity index is 869. The van der Waals surface area contributed by atoms with Gasteiger partial charge in [0.25, 0.3) is 0 Å². The summed E-state index contributed by atoms with van der Waals surface area (Å²) in [6.45, 7) is 5.46. The Morgan fingerprint density at radius 3 is 2.70 bits per heavy atom. The maximum Gasteiger partial charge on any atom is 0.435 e. The lowest BCUT2D eigenvalue weighted by Crippen LogP contribution is -2.27. The second-order valence-electron chi connectivity index (χ2n) is 5.99. The second kappa shape index (κ2) is 5.88. The molecule has 0 spiro atoms. The van der Waals surface area contributed by atoms with Gasteiger partial charge in [-0.05, 0) is 67.6 Å². The van der Waals surface area contributed by atoms with E-state index in [2.05, 4.69) is 37.7 Å². The zero-order chi connectivity index (χ0) is 16.6. The van der Waals surface area contributed by atoms with E-state index in [0.29, 0.717) is 14.7 Å². The Kier molecular flexibility index (Phi) is 4.05. The monoisotopic (exact) mass is 422 g/mol. The smallest absolute Gasteiger partial charge is 0.435 e. The first-order chi connectivity index (χ1) is 10.8. The first-order valence-corrected chi connectivity index (χ1v) is 8.12. The molecule has 3 aromatic heterocycles. The predicted molar refractivity (Wildman–Crippen MR) is 95.1 cm³/mol. The lowest BCUT2D eigenvalue weighted by atomic mass is 10.2. The Hall–Kier alpha value is -2.03. The molecule has 3 rings (SSSR count). The van der Waals surface area contributed by atoms with Gasteiger partial charge in [-0.1, -0.05) is 0 Å². The molecule has 0 aromatic carbocycles. The van der Waals surface area contributed by atoms with Crippen LogP contribution in [0.15, 0.2) is 36.7 Å². The standard InChI is InChI=1S/C16H15IN4O2/c1-16(2,3)23-15(22)21-12-7-6-11(10-5-4-8-18-9-10)19-13(12)14(17)20-21/h4-9H,1-3H3. The molecule has 0 unspecified atom stereocenters. The minimum Gasteiger partial charge on any atom is -0.442 e. The summed E-state index contributed by atoms with van der Waals surface area (Å²) in [7, 11) is 0. The molecule has 0 aliphatic heterocycles. The van der Waals surface area contributed by atoms with Crippen molar-refractivity contribution in [2.75, 3.05) is 0 Å². The van der Waals surface area contributed by atoms with Crippen LogP contribution < -0.4 is 0 Å². The van der Waals surface area contributed by atoms with Crippen LogP contribution in [0.2, 0.25) is 0 Å². The molecular formula is C16H15IN4O2. The van der Waals surface area contributed by atoms with Gasteiger partial charge in [0.2, 0.25) is 0 Å². The quantitative estimate of drug-likeness (QED) is 0.557. The maximum atomic E-state index is 12.3. The molecule has 0 amide bonds. The molecule has 0 saturated carbocycles. The fraction of sp³-hybridized carbons (Fsp3) is 0.250. The van der Waals surface area contributed by atoms with Gasteiger partial charge in [0.05, 0.1) is 5.69 Å². The largest absolute Gasteiger partial charge is 0.442 e. The minimum atomic E-state index is -0.579. The van der Waals surface area contributed by atoms with Gasteiger partial charge in [0.15, 0.2) is 0 Å². The highest BCUT2D eigenvalue weighted by atomic mass is 127. The van der Waals surface area contributed by atoms with Crippen molar-refractivity contribution in [2.24, 2.45) is 0 Å². The van der Waals surface area contributed by atoms with Gasteiger partial charge in [0.1, 0.15) is 20.3 Å². The highest BCUT2D eigenvalue weighted by molar-refractivity contribution is 14.1. The molecule has 23 heavy (non-hydrogen) atoms. The number of ether oxygens (including phenoxy) is 1. The van der Waals surface area contributed by atoms with Gasteiger partial charge in [-0.3, -0.25) is 4.98 Å². The summed E-state index contributed by atoms with van der Waals surface area (Å²) in [6.07, 6.45) is 2.95. The van der Waals surface area contributed by atoms with Gasteiger partial charge < -0.3 is 4.74 Å². The summed E-state index contributed by atoms with van der Waals surface area (Å²) < 4.78 is 7.28. The van der Waals surface area contributed by atoms with Crippen LogP contribution in [0, 0.1) is 3.70 Å². The third kappa shape index (κ3) is 3.34. The summed E-state index contributed by atoms with van der Waals surface area (Å²) in [6, 6.07) is 7.46. The number of aromatic nitrogens is 4. The highest BCUT2D eigenvalue weighted by Gasteiger charge is 2.22. The third-order valence-electron chi connectivity index (χ3n) is 3.01. The molecule has 7 heteroatoms. The lowest BCUT2D eigenvalue weighted by molar-refractivity contribution is 0.0522. The van der Waals surface area contributed by atoms with E-state index in [4.69, 9.17) is 4.74 Å². The van der Waals surface area contributed by atoms with Crippen LogP contribution in [-0.2, 0) is 4.74 Å². The molecule has 0 aliphatic rings. The second-order valence-corrected chi connectivity index (χ2v) is 7.01. The summed E-state index contributed by atoms with van der Waals surface area (Å²) >= 11 is 2.07. The van der Waals surface area contributed by atoms with E-state index in [1.54, 1.807) is 12.4 Å². The number of hydrogen-bond acceptors (Lipinski definition) is 5. The molecule has 118 valence electrons. The molecule has 0 bridgehead atoms. The van der Waals surface area contributed by atoms with E-state index in [1.165, 1.54) is 4.68 Å². The highest BCUT2D eigenvalue weighted by Crippen LogP contribution is 2.24. The van der Waals surface area contributed by atoms with Crippen molar-refractivity contribution in [3.05, 3.63) is 40.4 Å². The summed E-state index contributed by atoms with van der Waals surface area (Å²) in [4.78, 5) is 21.0. The van der Waals surface area contributed by atoms with Crippen molar-refractivity contribution in [3.8, 4) is 11.3 Å². The number of rotatable bonds is 1. The molecule has 3 aromatic rings. The number of hydrogen-bond donors (Lipinski definition) is 0. The number of nitrogens with zero attached hydrogens (tertiary/aromatic N) is 4. The molecule has 0 aliphatic carbocycles. The topological polar surface area (TPSA) is 69.9 Å². The van der Waals surface area contributed by atoms with Crippen molar-refractivity contribution in [1.29, 1.82) is 0 Å². The van der Waals surface area contributed by atoms with Crippen molar-refractivity contribution >= 4 is 39.7 Å². The summed E-state index contributed by atoms with van der Waals surface area (Å²) in [5, 5.41) is 4.26. The lowest BCUT2D eigenvalue weighted by Gasteiger charge is -2.19. The minimum absolute atomic E-state index is 0.513. The van der Waals surface area contributed by atoms with Gasteiger partial charge in [0, 0.05) is 18.0 Å². The zero-order valence-electron chi connectivity index (χ0n) is 12.9. The van der Waals surface area contributed by atoms with Crippen LogP contribution in [0.25, 0.3) is 22.3 Å². The Balaban J connectivity index is 2.06. The first-order valence-electron chi connectivity index (χ1n) is 7.04. The van der Waals surface area contributed by atoms with Crippen molar-refractivity contribution in [2.45, 2.75) is 26.4 Å². The molecule has 0 atom stereocenters. The fourth-order valence-electron chi connectivity index (χ4n) is 2.08. The zero-order valence-corrected chi connectivity index (χ0v) is 15.1. The molecule has 3 heterocycles. The number of fused-ring (bicyclic) bond motifs is 1. The summed E-state index contributed by atoms with van der Waals surface area (Å²) in [5.74, 6) is 0. The molecule has 0 saturated heterocycles. The molecule has 0 radical (unpaired) electrons. The molecular weight excluding hydrogens is 407 g/mol. The molecule has 0 N–H and O–H groups in total. The van der Waals surface area contributed by atoms with Crippen molar-refractivity contribution in [1.82, 2.24) is 19.7 Å². The Morgan fingerprint density at radius 1 is 1.26 bits per heavy atom.